The molecule has 1 aromatic carbocycles. The van der Waals surface area contributed by atoms with Crippen LogP contribution in [0.2, 0.25) is 0 Å². The molecule has 0 bridgehead atoms. The predicted molar refractivity (Wildman–Crippen MR) is 96.9 cm³/mol. The molecule has 7 nitrogen and oxygen atoms in total. The minimum absolute atomic E-state index is 0.0242. The summed E-state index contributed by atoms with van der Waals surface area (Å²) in [5, 5.41) is 16.8. The Hall–Kier alpha value is -2.13. The average molecular weight is 365 g/mol. The van der Waals surface area contributed by atoms with Crippen LogP contribution in [0.4, 0.5) is 15.6 Å². The van der Waals surface area contributed by atoms with E-state index in [1.165, 1.54) is 23.1 Å². The molecule has 9 heteroatoms. The van der Waals surface area contributed by atoms with Gasteiger partial charge < -0.3 is 10.6 Å². The van der Waals surface area contributed by atoms with Crippen molar-refractivity contribution in [2.24, 2.45) is 0 Å². The highest BCUT2D eigenvalue weighted by atomic mass is 32.2. The summed E-state index contributed by atoms with van der Waals surface area (Å²) in [5.41, 5.74) is 2.08. The van der Waals surface area contributed by atoms with Gasteiger partial charge in [-0.05, 0) is 38.5 Å². The van der Waals surface area contributed by atoms with E-state index in [1.54, 1.807) is 0 Å². The Morgan fingerprint density at radius 1 is 1.29 bits per heavy atom. The Morgan fingerprint density at radius 2 is 2.08 bits per heavy atom. The topological polar surface area (TPSA) is 96.0 Å². The number of nitrogens with zero attached hydrogens (tertiary/aromatic N) is 2. The number of carbonyl (C=O) groups is 2. The molecule has 0 saturated carbocycles. The minimum Gasteiger partial charge on any atom is -0.336 e. The lowest BCUT2D eigenvalue weighted by molar-refractivity contribution is -0.117. The van der Waals surface area contributed by atoms with Crippen molar-refractivity contribution in [3.05, 3.63) is 29.8 Å². The number of aryl methyl sites for hydroxylation is 1. The maximum Gasteiger partial charge on any atom is 0.321 e. The molecule has 128 valence electrons. The van der Waals surface area contributed by atoms with Gasteiger partial charge in [-0.2, -0.15) is 0 Å². The van der Waals surface area contributed by atoms with Crippen molar-refractivity contribution in [3.8, 4) is 0 Å². The highest BCUT2D eigenvalue weighted by molar-refractivity contribution is 8.01. The molecule has 0 unspecified atom stereocenters. The summed E-state index contributed by atoms with van der Waals surface area (Å²) in [7, 11) is 0. The molecule has 3 N–H and O–H groups in total. The standard InChI is InChI=1S/C15H19N5O2S2/c1-9(2)16-13(22)18-12(21)8-23-15-20-19-14(24-15)17-11-6-4-5-10(3)7-11/h4-7,9H,8H2,1-3H3,(H,17,19)(H2,16,18,21,22). The summed E-state index contributed by atoms with van der Waals surface area (Å²) in [6, 6.07) is 7.41. The van der Waals surface area contributed by atoms with E-state index < -0.39 is 6.03 Å². The number of hydrogen-bond acceptors (Lipinski definition) is 7. The summed E-state index contributed by atoms with van der Waals surface area (Å²) in [6.45, 7) is 5.66. The zero-order valence-corrected chi connectivity index (χ0v) is 15.3. The van der Waals surface area contributed by atoms with Gasteiger partial charge in [-0.3, -0.25) is 10.1 Å². The van der Waals surface area contributed by atoms with Crippen LogP contribution in [0.5, 0.6) is 0 Å². The maximum absolute atomic E-state index is 11.7. The smallest absolute Gasteiger partial charge is 0.321 e. The molecule has 2 aromatic rings. The van der Waals surface area contributed by atoms with E-state index in [2.05, 4.69) is 26.1 Å². The first-order valence-electron chi connectivity index (χ1n) is 7.32. The van der Waals surface area contributed by atoms with Crippen LogP contribution in [0.15, 0.2) is 28.6 Å². The van der Waals surface area contributed by atoms with E-state index in [9.17, 15) is 9.59 Å². The van der Waals surface area contributed by atoms with Crippen molar-refractivity contribution < 1.29 is 9.59 Å². The third-order valence-electron chi connectivity index (χ3n) is 2.68. The van der Waals surface area contributed by atoms with E-state index in [0.717, 1.165) is 11.3 Å². The number of amides is 3. The maximum atomic E-state index is 11.7. The lowest BCUT2D eigenvalue weighted by Crippen LogP contribution is -2.43. The van der Waals surface area contributed by atoms with Gasteiger partial charge in [0.15, 0.2) is 4.34 Å². The van der Waals surface area contributed by atoms with Crippen molar-refractivity contribution in [1.29, 1.82) is 0 Å². The molecule has 0 aliphatic rings. The summed E-state index contributed by atoms with van der Waals surface area (Å²) >= 11 is 2.59. The fourth-order valence-electron chi connectivity index (χ4n) is 1.75. The number of benzene rings is 1. The molecular weight excluding hydrogens is 346 g/mol. The number of aromatic nitrogens is 2. The molecule has 0 atom stereocenters. The Bertz CT molecular complexity index is 717. The Kier molecular flexibility index (Phi) is 6.56. The zero-order valence-electron chi connectivity index (χ0n) is 13.6. The Labute approximate surface area is 148 Å². The molecule has 0 radical (unpaired) electrons. The number of urea groups is 1. The second-order valence-corrected chi connectivity index (χ2v) is 7.53. The number of nitrogens with one attached hydrogen (secondary N) is 3. The molecule has 0 saturated heterocycles. The van der Waals surface area contributed by atoms with Gasteiger partial charge in [0.2, 0.25) is 11.0 Å². The summed E-state index contributed by atoms with van der Waals surface area (Å²) in [4.78, 5) is 23.1. The first-order chi connectivity index (χ1) is 11.4. The average Bonchev–Trinajstić information content (AvgIpc) is 2.91. The van der Waals surface area contributed by atoms with Crippen LogP contribution in [-0.4, -0.2) is 33.9 Å². The first-order valence-corrected chi connectivity index (χ1v) is 9.13. The van der Waals surface area contributed by atoms with Crippen LogP contribution in [-0.2, 0) is 4.79 Å². The van der Waals surface area contributed by atoms with Gasteiger partial charge in [-0.1, -0.05) is 35.2 Å². The lowest BCUT2D eigenvalue weighted by atomic mass is 10.2. The fraction of sp³-hybridized carbons (Fsp3) is 0.333. The van der Waals surface area contributed by atoms with Crippen LogP contribution in [0.3, 0.4) is 0 Å². The highest BCUT2D eigenvalue weighted by Crippen LogP contribution is 2.27. The quantitative estimate of drug-likeness (QED) is 0.681. The predicted octanol–water partition coefficient (Wildman–Crippen LogP) is 2.92. The third kappa shape index (κ3) is 6.17. The second kappa shape index (κ2) is 8.65. The van der Waals surface area contributed by atoms with Gasteiger partial charge in [0, 0.05) is 11.7 Å². The van der Waals surface area contributed by atoms with Gasteiger partial charge in [-0.25, -0.2) is 4.79 Å². The molecule has 2 rings (SSSR count). The van der Waals surface area contributed by atoms with Crippen molar-refractivity contribution >= 4 is 45.9 Å². The molecular formula is C15H19N5O2S2. The van der Waals surface area contributed by atoms with Crippen molar-refractivity contribution in [3.63, 3.8) is 0 Å². The third-order valence-corrected chi connectivity index (χ3v) is 4.65. The second-order valence-electron chi connectivity index (χ2n) is 5.33. The number of thioether (sulfide) groups is 1. The van der Waals surface area contributed by atoms with Gasteiger partial charge >= 0.3 is 6.03 Å². The molecule has 0 aliphatic carbocycles. The number of imide groups is 1. The first kappa shape index (κ1) is 18.2. The van der Waals surface area contributed by atoms with Crippen molar-refractivity contribution in [1.82, 2.24) is 20.8 Å². The number of rotatable bonds is 6. The Balaban J connectivity index is 1.81. The molecule has 1 heterocycles. The van der Waals surface area contributed by atoms with Crippen molar-refractivity contribution in [2.45, 2.75) is 31.2 Å². The van der Waals surface area contributed by atoms with Crippen LogP contribution < -0.4 is 16.0 Å². The number of carbonyl (C=O) groups excluding carboxylic acids is 2. The highest BCUT2D eigenvalue weighted by Gasteiger charge is 2.11. The van der Waals surface area contributed by atoms with Crippen LogP contribution in [0.1, 0.15) is 19.4 Å². The van der Waals surface area contributed by atoms with Gasteiger partial charge in [-0.15, -0.1) is 10.2 Å². The molecule has 0 aliphatic heterocycles. The lowest BCUT2D eigenvalue weighted by Gasteiger charge is -2.08. The summed E-state index contributed by atoms with van der Waals surface area (Å²) in [6.07, 6.45) is 0. The fourth-order valence-corrected chi connectivity index (χ4v) is 3.33. The number of anilines is 2. The van der Waals surface area contributed by atoms with E-state index >= 15 is 0 Å². The summed E-state index contributed by atoms with van der Waals surface area (Å²) in [5.74, 6) is -0.272. The van der Waals surface area contributed by atoms with E-state index in [0.29, 0.717) is 9.47 Å². The van der Waals surface area contributed by atoms with Gasteiger partial charge in [0.25, 0.3) is 0 Å². The van der Waals surface area contributed by atoms with E-state index in [1.807, 2.05) is 45.0 Å². The van der Waals surface area contributed by atoms with Gasteiger partial charge in [0.1, 0.15) is 0 Å². The molecule has 0 fully saturated rings. The van der Waals surface area contributed by atoms with Crippen LogP contribution in [0, 0.1) is 6.92 Å². The SMILES string of the molecule is Cc1cccc(Nc2nnc(SCC(=O)NC(=O)NC(C)C)s2)c1. The van der Waals surface area contributed by atoms with Gasteiger partial charge in [0.05, 0.1) is 5.75 Å². The minimum atomic E-state index is -0.491. The van der Waals surface area contributed by atoms with Crippen LogP contribution in [0.25, 0.3) is 0 Å². The molecule has 24 heavy (non-hydrogen) atoms. The number of hydrogen-bond donors (Lipinski definition) is 3. The Morgan fingerprint density at radius 3 is 2.79 bits per heavy atom. The van der Waals surface area contributed by atoms with E-state index in [4.69, 9.17) is 0 Å². The largest absolute Gasteiger partial charge is 0.336 e. The zero-order chi connectivity index (χ0) is 17.5. The normalized spacial score (nSPS) is 10.5. The van der Waals surface area contributed by atoms with E-state index in [-0.39, 0.29) is 17.7 Å². The summed E-state index contributed by atoms with van der Waals surface area (Å²) < 4.78 is 0.657. The molecule has 0 spiro atoms. The molecule has 1 aromatic heterocycles. The monoisotopic (exact) mass is 365 g/mol. The van der Waals surface area contributed by atoms with Crippen LogP contribution >= 0.6 is 23.1 Å². The molecule has 3 amide bonds. The van der Waals surface area contributed by atoms with Crippen molar-refractivity contribution in [2.75, 3.05) is 11.1 Å².